The fourth-order valence-corrected chi connectivity index (χ4v) is 3.54. The molecule has 2 aromatic heterocycles. The third kappa shape index (κ3) is 2.88. The molecule has 2 heterocycles. The number of thiocarbonyl (C=S) groups is 1. The van der Waals surface area contributed by atoms with Crippen LogP contribution in [-0.2, 0) is 0 Å². The first-order chi connectivity index (χ1) is 13.5. The Labute approximate surface area is 166 Å². The van der Waals surface area contributed by atoms with E-state index in [0.29, 0.717) is 11.4 Å². The molecule has 0 atom stereocenters. The Bertz CT molecular complexity index is 1160. The summed E-state index contributed by atoms with van der Waals surface area (Å²) < 4.78 is 7.46. The van der Waals surface area contributed by atoms with E-state index in [1.165, 1.54) is 0 Å². The van der Waals surface area contributed by atoms with Crippen molar-refractivity contribution in [1.82, 2.24) is 15.2 Å². The zero-order chi connectivity index (χ0) is 19.8. The van der Waals surface area contributed by atoms with Crippen molar-refractivity contribution in [2.75, 3.05) is 5.32 Å². The second-order valence-electron chi connectivity index (χ2n) is 6.36. The molecule has 0 spiro atoms. The van der Waals surface area contributed by atoms with Crippen molar-refractivity contribution in [1.29, 1.82) is 0 Å². The molecule has 2 aromatic carbocycles. The van der Waals surface area contributed by atoms with E-state index in [0.717, 1.165) is 33.5 Å². The lowest BCUT2D eigenvalue weighted by atomic mass is 10.1. The third-order valence-electron chi connectivity index (χ3n) is 4.59. The molecular weight excluding hydrogens is 376 g/mol. The largest absolute Gasteiger partial charge is 0.508 e. The number of aromatic nitrogens is 2. The molecule has 0 aliphatic rings. The number of anilines is 1. The number of fused-ring (bicyclic) bond motifs is 1. The fourth-order valence-electron chi connectivity index (χ4n) is 3.44. The molecule has 0 fully saturated rings. The van der Waals surface area contributed by atoms with Gasteiger partial charge in [0.25, 0.3) is 0 Å². The predicted octanol–water partition coefficient (Wildman–Crippen LogP) is 4.28. The van der Waals surface area contributed by atoms with Crippen molar-refractivity contribution >= 4 is 33.9 Å². The van der Waals surface area contributed by atoms with Crippen LogP contribution in [-0.4, -0.2) is 25.1 Å². The predicted molar refractivity (Wildman–Crippen MR) is 111 cm³/mol. The number of rotatable bonds is 3. The molecule has 4 N–H and O–H groups in total. The lowest BCUT2D eigenvalue weighted by Gasteiger charge is -2.13. The highest BCUT2D eigenvalue weighted by atomic mass is 32.1. The number of phenols is 1. The number of aromatic hydroxyl groups is 1. The van der Waals surface area contributed by atoms with Gasteiger partial charge in [-0.2, -0.15) is 0 Å². The second-order valence-corrected chi connectivity index (χ2v) is 6.77. The van der Waals surface area contributed by atoms with Gasteiger partial charge in [-0.1, -0.05) is 23.4 Å². The number of nitrogens with one attached hydrogen (secondary N) is 2. The van der Waals surface area contributed by atoms with Gasteiger partial charge in [-0.15, -0.1) is 0 Å². The molecule has 8 heteroatoms. The van der Waals surface area contributed by atoms with Crippen LogP contribution in [0.3, 0.4) is 0 Å². The van der Waals surface area contributed by atoms with Crippen LogP contribution in [0.15, 0.2) is 53.1 Å². The highest BCUT2D eigenvalue weighted by Crippen LogP contribution is 2.42. The van der Waals surface area contributed by atoms with Crippen molar-refractivity contribution in [2.45, 2.75) is 13.8 Å². The quantitative estimate of drug-likeness (QED) is 0.304. The molecule has 0 unspecified atom stereocenters. The van der Waals surface area contributed by atoms with Gasteiger partial charge in [0, 0.05) is 11.1 Å². The molecule has 142 valence electrons. The van der Waals surface area contributed by atoms with Crippen LogP contribution in [0.5, 0.6) is 5.75 Å². The number of para-hydroxylation sites is 1. The summed E-state index contributed by atoms with van der Waals surface area (Å²) in [6.07, 6.45) is 0. The average molecular weight is 394 g/mol. The van der Waals surface area contributed by atoms with Crippen LogP contribution in [0.1, 0.15) is 11.5 Å². The monoisotopic (exact) mass is 394 g/mol. The van der Waals surface area contributed by atoms with Gasteiger partial charge in [0.05, 0.1) is 28.2 Å². The van der Waals surface area contributed by atoms with Crippen molar-refractivity contribution in [3.05, 3.63) is 60.0 Å². The lowest BCUT2D eigenvalue weighted by Crippen LogP contribution is -2.25. The zero-order valence-corrected chi connectivity index (χ0v) is 16.0. The first kappa shape index (κ1) is 18.0. The third-order valence-corrected chi connectivity index (χ3v) is 4.79. The Morgan fingerprint density at radius 1 is 1.11 bits per heavy atom. The van der Waals surface area contributed by atoms with E-state index in [1.54, 1.807) is 12.1 Å². The molecule has 28 heavy (non-hydrogen) atoms. The van der Waals surface area contributed by atoms with Crippen LogP contribution in [0.4, 0.5) is 5.69 Å². The van der Waals surface area contributed by atoms with Crippen LogP contribution >= 0.6 is 12.2 Å². The van der Waals surface area contributed by atoms with E-state index in [1.807, 2.05) is 60.3 Å². The summed E-state index contributed by atoms with van der Waals surface area (Å²) in [7, 11) is 0. The first-order valence-corrected chi connectivity index (χ1v) is 8.99. The minimum Gasteiger partial charge on any atom is -0.508 e. The summed E-state index contributed by atoms with van der Waals surface area (Å²) in [4.78, 5) is 0. The van der Waals surface area contributed by atoms with Gasteiger partial charge in [-0.05, 0) is 56.4 Å². The number of hydrogen-bond acceptors (Lipinski definition) is 5. The summed E-state index contributed by atoms with van der Waals surface area (Å²) >= 11 is 5.14. The van der Waals surface area contributed by atoms with Gasteiger partial charge in [-0.3, -0.25) is 5.21 Å². The minimum absolute atomic E-state index is 0.0709. The van der Waals surface area contributed by atoms with E-state index >= 15 is 0 Å². The van der Waals surface area contributed by atoms with E-state index in [9.17, 15) is 10.3 Å². The van der Waals surface area contributed by atoms with Crippen molar-refractivity contribution in [3.8, 4) is 22.7 Å². The number of hydroxylamine groups is 1. The van der Waals surface area contributed by atoms with E-state index in [4.69, 9.17) is 16.7 Å². The Balaban J connectivity index is 2.13. The number of aryl methyl sites for hydroxylation is 2. The molecule has 0 aliphatic heterocycles. The molecule has 4 aromatic rings. The van der Waals surface area contributed by atoms with Gasteiger partial charge in [0.1, 0.15) is 11.5 Å². The number of hydrogen-bond donors (Lipinski definition) is 4. The van der Waals surface area contributed by atoms with Crippen molar-refractivity contribution < 1.29 is 14.8 Å². The summed E-state index contributed by atoms with van der Waals surface area (Å²) in [6.45, 7) is 3.72. The van der Waals surface area contributed by atoms with Gasteiger partial charge >= 0.3 is 0 Å². The molecule has 0 aliphatic carbocycles. The SMILES string of the molecule is Cc1noc(C)c1-c1c(NC(=S)NO)c2ccccc2n1-c1ccc(O)cc1. The molecule has 0 radical (unpaired) electrons. The molecular formula is C20H18N4O3S. The topological polar surface area (TPSA) is 95.5 Å². The standard InChI is InChI=1S/C20H18N4O3S/c1-11-17(12(2)27-23-11)19-18(21-20(28)22-26)15-5-3-4-6-16(15)24(19)13-7-9-14(25)10-8-13/h3-10,25-26H,1-2H3,(H2,21,22,28). The highest BCUT2D eigenvalue weighted by Gasteiger charge is 2.25. The maximum Gasteiger partial charge on any atom is 0.194 e. The van der Waals surface area contributed by atoms with Crippen molar-refractivity contribution in [2.24, 2.45) is 0 Å². The first-order valence-electron chi connectivity index (χ1n) is 8.58. The molecule has 7 nitrogen and oxygen atoms in total. The zero-order valence-electron chi connectivity index (χ0n) is 15.2. The maximum atomic E-state index is 9.71. The highest BCUT2D eigenvalue weighted by molar-refractivity contribution is 7.80. The van der Waals surface area contributed by atoms with Crippen LogP contribution in [0, 0.1) is 13.8 Å². The Morgan fingerprint density at radius 3 is 2.46 bits per heavy atom. The fraction of sp³-hybridized carbons (Fsp3) is 0.100. The molecule has 0 saturated heterocycles. The number of nitrogens with zero attached hydrogens (tertiary/aromatic N) is 2. The van der Waals surface area contributed by atoms with Gasteiger partial charge in [0.2, 0.25) is 0 Å². The molecule has 0 amide bonds. The Morgan fingerprint density at radius 2 is 1.82 bits per heavy atom. The lowest BCUT2D eigenvalue weighted by molar-refractivity contribution is 0.237. The Hall–Kier alpha value is -3.36. The van der Waals surface area contributed by atoms with Gasteiger partial charge < -0.3 is 19.5 Å². The normalized spacial score (nSPS) is 11.0. The van der Waals surface area contributed by atoms with E-state index < -0.39 is 0 Å². The minimum atomic E-state index is 0.0709. The summed E-state index contributed by atoms with van der Waals surface area (Å²) in [5.74, 6) is 0.842. The summed E-state index contributed by atoms with van der Waals surface area (Å²) in [5.41, 5.74) is 6.80. The average Bonchev–Trinajstić information content (AvgIpc) is 3.19. The smallest absolute Gasteiger partial charge is 0.194 e. The van der Waals surface area contributed by atoms with Crippen LogP contribution in [0.25, 0.3) is 27.8 Å². The van der Waals surface area contributed by atoms with E-state index in [-0.39, 0.29) is 10.9 Å². The van der Waals surface area contributed by atoms with Gasteiger partial charge in [-0.25, -0.2) is 5.48 Å². The van der Waals surface area contributed by atoms with Crippen LogP contribution in [0.2, 0.25) is 0 Å². The van der Waals surface area contributed by atoms with Crippen molar-refractivity contribution in [3.63, 3.8) is 0 Å². The molecule has 4 rings (SSSR count). The second kappa shape index (κ2) is 6.99. The van der Waals surface area contributed by atoms with Crippen LogP contribution < -0.4 is 10.8 Å². The maximum absolute atomic E-state index is 9.71. The molecule has 0 bridgehead atoms. The number of phenolic OH excluding ortho intramolecular Hbond substituents is 1. The number of benzene rings is 2. The van der Waals surface area contributed by atoms with E-state index in [2.05, 4.69) is 10.5 Å². The van der Waals surface area contributed by atoms with Gasteiger partial charge in [0.15, 0.2) is 5.11 Å². The summed E-state index contributed by atoms with van der Waals surface area (Å²) in [5, 5.41) is 27.1. The Kier molecular flexibility index (Phi) is 4.50. The molecule has 0 saturated carbocycles. The summed E-state index contributed by atoms with van der Waals surface area (Å²) in [6, 6.07) is 14.8.